The molecule has 0 radical (unpaired) electrons. The second-order valence-corrected chi connectivity index (χ2v) is 5.89. The number of hydrogen-bond acceptors (Lipinski definition) is 3. The number of nitrogens with zero attached hydrogens (tertiary/aromatic N) is 1. The quantitative estimate of drug-likeness (QED) is 0.676. The van der Waals surface area contributed by atoms with Crippen LogP contribution in [0.2, 0.25) is 0 Å². The van der Waals surface area contributed by atoms with Crippen molar-refractivity contribution in [1.29, 1.82) is 0 Å². The first-order chi connectivity index (χ1) is 7.73. The maximum atomic E-state index is 11.8. The molecular weight excluding hydrogens is 244 g/mol. The Kier molecular flexibility index (Phi) is 6.08. The summed E-state index contributed by atoms with van der Waals surface area (Å²) in [6.45, 7) is 7.35. The molecule has 0 saturated carbocycles. The van der Waals surface area contributed by atoms with E-state index < -0.39 is 21.6 Å². The van der Waals surface area contributed by atoms with Gasteiger partial charge in [-0.05, 0) is 13.3 Å². The Hall–Kier alpha value is -0.660. The maximum Gasteiger partial charge on any atom is 0.310 e. The summed E-state index contributed by atoms with van der Waals surface area (Å²) in [4.78, 5) is 11.0. The molecule has 0 aromatic rings. The summed E-state index contributed by atoms with van der Waals surface area (Å²) in [5.74, 6) is -0.998. The molecule has 0 aromatic heterocycles. The number of nitrogens with one attached hydrogen (secondary N) is 1. The molecule has 6 nitrogen and oxygen atoms in total. The topological polar surface area (TPSA) is 86.7 Å². The monoisotopic (exact) mass is 266 g/mol. The van der Waals surface area contributed by atoms with Gasteiger partial charge >= 0.3 is 5.97 Å². The summed E-state index contributed by atoms with van der Waals surface area (Å²) < 4.78 is 27.2. The Morgan fingerprint density at radius 1 is 1.29 bits per heavy atom. The van der Waals surface area contributed by atoms with Crippen molar-refractivity contribution in [3.8, 4) is 0 Å². The van der Waals surface area contributed by atoms with Gasteiger partial charge in [-0.3, -0.25) is 4.79 Å². The van der Waals surface area contributed by atoms with Gasteiger partial charge in [0, 0.05) is 19.6 Å². The molecule has 0 aliphatic heterocycles. The van der Waals surface area contributed by atoms with Gasteiger partial charge in [0.2, 0.25) is 0 Å². The van der Waals surface area contributed by atoms with Gasteiger partial charge in [-0.1, -0.05) is 20.8 Å². The highest BCUT2D eigenvalue weighted by Crippen LogP contribution is 2.20. The summed E-state index contributed by atoms with van der Waals surface area (Å²) in [6.07, 6.45) is 0.364. The van der Waals surface area contributed by atoms with Crippen LogP contribution in [0.3, 0.4) is 0 Å². The minimum absolute atomic E-state index is 0.0995. The second kappa shape index (κ2) is 6.32. The fourth-order valence-electron chi connectivity index (χ4n) is 1.26. The van der Waals surface area contributed by atoms with E-state index in [2.05, 4.69) is 4.72 Å². The molecule has 2 N–H and O–H groups in total. The van der Waals surface area contributed by atoms with Crippen molar-refractivity contribution < 1.29 is 18.3 Å². The molecule has 1 unspecified atom stereocenters. The van der Waals surface area contributed by atoms with Crippen LogP contribution in [0, 0.1) is 5.41 Å². The SMILES string of the molecule is CCN(CC)S(=O)(=O)NCC(C)(CC)C(=O)O. The van der Waals surface area contributed by atoms with Gasteiger partial charge in [0.1, 0.15) is 0 Å². The van der Waals surface area contributed by atoms with E-state index in [9.17, 15) is 13.2 Å². The molecule has 1 atom stereocenters. The first-order valence-electron chi connectivity index (χ1n) is 5.71. The molecule has 0 heterocycles. The summed E-state index contributed by atoms with van der Waals surface area (Å²) >= 11 is 0. The third-order valence-corrected chi connectivity index (χ3v) is 4.69. The highest BCUT2D eigenvalue weighted by molar-refractivity contribution is 7.87. The van der Waals surface area contributed by atoms with Gasteiger partial charge in [-0.25, -0.2) is 4.72 Å². The minimum atomic E-state index is -3.58. The van der Waals surface area contributed by atoms with Gasteiger partial charge in [-0.15, -0.1) is 0 Å². The third-order valence-electron chi connectivity index (χ3n) is 2.99. The highest BCUT2D eigenvalue weighted by atomic mass is 32.2. The van der Waals surface area contributed by atoms with Gasteiger partial charge < -0.3 is 5.11 Å². The molecule has 7 heteroatoms. The lowest BCUT2D eigenvalue weighted by molar-refractivity contribution is -0.147. The molecule has 17 heavy (non-hydrogen) atoms. The van der Waals surface area contributed by atoms with Crippen LogP contribution in [0.5, 0.6) is 0 Å². The fourth-order valence-corrected chi connectivity index (χ4v) is 2.62. The Labute approximate surface area is 103 Å². The molecule has 102 valence electrons. The molecule has 0 spiro atoms. The number of carboxylic acids is 1. The molecular formula is C10H22N2O4S. The van der Waals surface area contributed by atoms with Gasteiger partial charge in [0.25, 0.3) is 10.2 Å². The van der Waals surface area contributed by atoms with E-state index in [-0.39, 0.29) is 6.54 Å². The number of carboxylic acid groups (broad SMARTS) is 1. The van der Waals surface area contributed by atoms with Crippen LogP contribution < -0.4 is 4.72 Å². The van der Waals surface area contributed by atoms with E-state index in [1.54, 1.807) is 20.8 Å². The molecule has 0 amide bonds. The number of aliphatic carboxylic acids is 1. The van der Waals surface area contributed by atoms with E-state index in [4.69, 9.17) is 5.11 Å². The predicted molar refractivity (Wildman–Crippen MR) is 65.9 cm³/mol. The van der Waals surface area contributed by atoms with Gasteiger partial charge in [0.05, 0.1) is 5.41 Å². The normalized spacial score (nSPS) is 15.8. The zero-order chi connectivity index (χ0) is 13.7. The first-order valence-corrected chi connectivity index (χ1v) is 7.15. The smallest absolute Gasteiger partial charge is 0.310 e. The standard InChI is InChI=1S/C10H22N2O4S/c1-5-10(4,9(13)14)8-11-17(15,16)12(6-2)7-3/h11H,5-8H2,1-4H3,(H,13,14). The second-order valence-electron chi connectivity index (χ2n) is 4.13. The average molecular weight is 266 g/mol. The summed E-state index contributed by atoms with van der Waals surface area (Å²) in [5, 5.41) is 9.03. The molecule has 0 aliphatic rings. The molecule has 0 aliphatic carbocycles. The molecule has 0 bridgehead atoms. The Morgan fingerprint density at radius 3 is 2.06 bits per heavy atom. The van der Waals surface area contributed by atoms with Crippen molar-refractivity contribution in [2.75, 3.05) is 19.6 Å². The third kappa shape index (κ3) is 4.25. The van der Waals surface area contributed by atoms with Crippen LogP contribution >= 0.6 is 0 Å². The zero-order valence-corrected chi connectivity index (χ0v) is 11.7. The van der Waals surface area contributed by atoms with Crippen LogP contribution in [0.4, 0.5) is 0 Å². The van der Waals surface area contributed by atoms with E-state index >= 15 is 0 Å². The van der Waals surface area contributed by atoms with Crippen LogP contribution in [0.1, 0.15) is 34.1 Å². The van der Waals surface area contributed by atoms with Crippen molar-refractivity contribution in [2.45, 2.75) is 34.1 Å². The summed E-state index contributed by atoms with van der Waals surface area (Å²) in [6, 6.07) is 0. The first kappa shape index (κ1) is 16.3. The van der Waals surface area contributed by atoms with Gasteiger partial charge in [0.15, 0.2) is 0 Å². The maximum absolute atomic E-state index is 11.8. The Morgan fingerprint density at radius 2 is 1.76 bits per heavy atom. The van der Waals surface area contributed by atoms with E-state index in [0.29, 0.717) is 19.5 Å². The average Bonchev–Trinajstić information content (AvgIpc) is 2.27. The molecule has 0 fully saturated rings. The van der Waals surface area contributed by atoms with Crippen molar-refractivity contribution >= 4 is 16.2 Å². The molecule has 0 saturated heterocycles. The largest absolute Gasteiger partial charge is 0.481 e. The van der Waals surface area contributed by atoms with Crippen molar-refractivity contribution in [2.24, 2.45) is 5.41 Å². The zero-order valence-electron chi connectivity index (χ0n) is 10.9. The lowest BCUT2D eigenvalue weighted by Crippen LogP contribution is -2.46. The van der Waals surface area contributed by atoms with Crippen molar-refractivity contribution in [3.63, 3.8) is 0 Å². The predicted octanol–water partition coefficient (Wildman–Crippen LogP) is 0.664. The summed E-state index contributed by atoms with van der Waals surface area (Å²) in [7, 11) is -3.58. The van der Waals surface area contributed by atoms with E-state index in [1.807, 2.05) is 0 Å². The van der Waals surface area contributed by atoms with E-state index in [1.165, 1.54) is 11.2 Å². The Balaban J connectivity index is 4.71. The molecule has 0 rings (SSSR count). The van der Waals surface area contributed by atoms with Crippen LogP contribution in [-0.2, 0) is 15.0 Å². The van der Waals surface area contributed by atoms with Crippen molar-refractivity contribution in [3.05, 3.63) is 0 Å². The van der Waals surface area contributed by atoms with Crippen LogP contribution in [-0.4, -0.2) is 43.4 Å². The van der Waals surface area contributed by atoms with Crippen LogP contribution in [0.25, 0.3) is 0 Å². The fraction of sp³-hybridized carbons (Fsp3) is 0.900. The number of rotatable bonds is 8. The van der Waals surface area contributed by atoms with Gasteiger partial charge in [-0.2, -0.15) is 12.7 Å². The molecule has 0 aromatic carbocycles. The number of hydrogen-bond donors (Lipinski definition) is 2. The lowest BCUT2D eigenvalue weighted by Gasteiger charge is -2.25. The summed E-state index contributed by atoms with van der Waals surface area (Å²) in [5.41, 5.74) is -1.07. The van der Waals surface area contributed by atoms with Crippen LogP contribution in [0.15, 0.2) is 0 Å². The van der Waals surface area contributed by atoms with Crippen molar-refractivity contribution in [1.82, 2.24) is 9.03 Å². The highest BCUT2D eigenvalue weighted by Gasteiger charge is 2.33. The van der Waals surface area contributed by atoms with E-state index in [0.717, 1.165) is 0 Å². The minimum Gasteiger partial charge on any atom is -0.481 e. The Bertz CT molecular complexity index is 351. The number of carbonyl (C=O) groups is 1. The lowest BCUT2D eigenvalue weighted by atomic mass is 9.88.